The van der Waals surface area contributed by atoms with Gasteiger partial charge in [0.2, 0.25) is 0 Å². The molecule has 1 rings (SSSR count). The molecule has 1 aromatic rings. The first-order chi connectivity index (χ1) is 6.56. The summed E-state index contributed by atoms with van der Waals surface area (Å²) in [5, 5.41) is 8.83. The largest absolute Gasteiger partial charge is 0.496 e. The van der Waals surface area contributed by atoms with E-state index in [-0.39, 0.29) is 5.56 Å². The maximum absolute atomic E-state index is 10.8. The number of carboxylic acids is 1. The van der Waals surface area contributed by atoms with Gasteiger partial charge in [0.1, 0.15) is 11.3 Å². The Kier molecular flexibility index (Phi) is 2.96. The number of nitrogens with zero attached hydrogens (tertiary/aromatic N) is 1. The molecule has 0 saturated carbocycles. The molecular formula is C10H13NO3. The number of hydrogen-bond donors (Lipinski definition) is 1. The molecule has 1 aromatic carbocycles. The average molecular weight is 195 g/mol. The van der Waals surface area contributed by atoms with E-state index in [1.54, 1.807) is 12.1 Å². The standard InChI is InChI=1S/C10H13NO3/c1-11(2)7-4-5-8(10(12)13)9(6-7)14-3/h4-6H,1-3H3,(H,12,13). The highest BCUT2D eigenvalue weighted by atomic mass is 16.5. The summed E-state index contributed by atoms with van der Waals surface area (Å²) in [5.41, 5.74) is 1.09. The molecule has 0 saturated heterocycles. The Hall–Kier alpha value is -1.71. The molecule has 0 fully saturated rings. The van der Waals surface area contributed by atoms with Gasteiger partial charge in [0.15, 0.2) is 0 Å². The molecule has 0 spiro atoms. The van der Waals surface area contributed by atoms with Crippen molar-refractivity contribution in [1.82, 2.24) is 0 Å². The summed E-state index contributed by atoms with van der Waals surface area (Å²) in [4.78, 5) is 12.7. The fraction of sp³-hybridized carbons (Fsp3) is 0.300. The zero-order valence-electron chi connectivity index (χ0n) is 8.44. The molecule has 0 atom stereocenters. The van der Waals surface area contributed by atoms with Crippen LogP contribution in [0.1, 0.15) is 10.4 Å². The van der Waals surface area contributed by atoms with Gasteiger partial charge in [-0.25, -0.2) is 4.79 Å². The number of carbonyl (C=O) groups is 1. The topological polar surface area (TPSA) is 49.8 Å². The first-order valence-corrected chi connectivity index (χ1v) is 4.15. The van der Waals surface area contributed by atoms with Crippen LogP contribution < -0.4 is 9.64 Å². The van der Waals surface area contributed by atoms with E-state index >= 15 is 0 Å². The fourth-order valence-corrected chi connectivity index (χ4v) is 1.13. The Morgan fingerprint density at radius 1 is 1.43 bits per heavy atom. The van der Waals surface area contributed by atoms with Crippen LogP contribution in [-0.4, -0.2) is 32.3 Å². The fourth-order valence-electron chi connectivity index (χ4n) is 1.13. The number of rotatable bonds is 3. The van der Waals surface area contributed by atoms with E-state index in [1.807, 2.05) is 19.0 Å². The highest BCUT2D eigenvalue weighted by Crippen LogP contribution is 2.24. The van der Waals surface area contributed by atoms with Crippen molar-refractivity contribution in [2.75, 3.05) is 26.1 Å². The van der Waals surface area contributed by atoms with E-state index in [4.69, 9.17) is 9.84 Å². The highest BCUT2D eigenvalue weighted by Gasteiger charge is 2.11. The first-order valence-electron chi connectivity index (χ1n) is 4.15. The van der Waals surface area contributed by atoms with Crippen LogP contribution in [0.4, 0.5) is 5.69 Å². The van der Waals surface area contributed by atoms with Gasteiger partial charge >= 0.3 is 5.97 Å². The minimum absolute atomic E-state index is 0.179. The second-order valence-corrected chi connectivity index (χ2v) is 3.08. The first kappa shape index (κ1) is 10.4. The van der Waals surface area contributed by atoms with Crippen LogP contribution >= 0.6 is 0 Å². The summed E-state index contributed by atoms with van der Waals surface area (Å²) >= 11 is 0. The average Bonchev–Trinajstić information content (AvgIpc) is 2.16. The van der Waals surface area contributed by atoms with E-state index < -0.39 is 5.97 Å². The minimum atomic E-state index is -0.979. The summed E-state index contributed by atoms with van der Waals surface area (Å²) < 4.78 is 4.99. The predicted molar refractivity (Wildman–Crippen MR) is 54.3 cm³/mol. The highest BCUT2D eigenvalue weighted by molar-refractivity contribution is 5.91. The molecule has 0 unspecified atom stereocenters. The number of anilines is 1. The molecular weight excluding hydrogens is 182 g/mol. The molecule has 0 aliphatic rings. The number of benzene rings is 1. The molecule has 0 amide bonds. The van der Waals surface area contributed by atoms with Crippen molar-refractivity contribution in [3.8, 4) is 5.75 Å². The molecule has 0 bridgehead atoms. The molecule has 0 aliphatic heterocycles. The molecule has 4 nitrogen and oxygen atoms in total. The predicted octanol–water partition coefficient (Wildman–Crippen LogP) is 1.46. The second kappa shape index (κ2) is 4.00. The van der Waals surface area contributed by atoms with Crippen LogP contribution in [0, 0.1) is 0 Å². The molecule has 76 valence electrons. The third-order valence-electron chi connectivity index (χ3n) is 1.93. The lowest BCUT2D eigenvalue weighted by Crippen LogP contribution is -2.09. The van der Waals surface area contributed by atoms with Crippen molar-refractivity contribution in [1.29, 1.82) is 0 Å². The lowest BCUT2D eigenvalue weighted by Gasteiger charge is -2.14. The molecule has 0 aromatic heterocycles. The number of methoxy groups -OCH3 is 1. The van der Waals surface area contributed by atoms with Crippen LogP contribution in [0.25, 0.3) is 0 Å². The van der Waals surface area contributed by atoms with E-state index in [0.29, 0.717) is 5.75 Å². The van der Waals surface area contributed by atoms with Crippen LogP contribution in [0.15, 0.2) is 18.2 Å². The zero-order chi connectivity index (χ0) is 10.7. The van der Waals surface area contributed by atoms with Gasteiger partial charge in [-0.2, -0.15) is 0 Å². The summed E-state index contributed by atoms with van der Waals surface area (Å²) in [6, 6.07) is 4.98. The third-order valence-corrected chi connectivity index (χ3v) is 1.93. The lowest BCUT2D eigenvalue weighted by molar-refractivity contribution is 0.0693. The normalized spacial score (nSPS) is 9.64. The number of hydrogen-bond acceptors (Lipinski definition) is 3. The Morgan fingerprint density at radius 2 is 2.07 bits per heavy atom. The van der Waals surface area contributed by atoms with Gasteiger partial charge in [-0.15, -0.1) is 0 Å². The van der Waals surface area contributed by atoms with Gasteiger partial charge in [-0.1, -0.05) is 0 Å². The van der Waals surface area contributed by atoms with Gasteiger partial charge < -0.3 is 14.7 Å². The Bertz CT molecular complexity index is 347. The Labute approximate surface area is 82.7 Å². The van der Waals surface area contributed by atoms with Crippen LogP contribution in [-0.2, 0) is 0 Å². The second-order valence-electron chi connectivity index (χ2n) is 3.08. The molecule has 1 N–H and O–H groups in total. The van der Waals surface area contributed by atoms with Gasteiger partial charge in [-0.05, 0) is 12.1 Å². The Morgan fingerprint density at radius 3 is 2.50 bits per heavy atom. The summed E-state index contributed by atoms with van der Waals surface area (Å²) in [6.07, 6.45) is 0. The maximum Gasteiger partial charge on any atom is 0.339 e. The monoisotopic (exact) mass is 195 g/mol. The third kappa shape index (κ3) is 1.96. The quantitative estimate of drug-likeness (QED) is 0.793. The SMILES string of the molecule is COc1cc(N(C)C)ccc1C(=O)O. The van der Waals surface area contributed by atoms with Gasteiger partial charge in [0.25, 0.3) is 0 Å². The lowest BCUT2D eigenvalue weighted by atomic mass is 10.2. The molecule has 0 radical (unpaired) electrons. The minimum Gasteiger partial charge on any atom is -0.496 e. The van der Waals surface area contributed by atoms with Crippen molar-refractivity contribution in [2.45, 2.75) is 0 Å². The zero-order valence-corrected chi connectivity index (χ0v) is 8.44. The number of ether oxygens (including phenoxy) is 1. The van der Waals surface area contributed by atoms with Crippen LogP contribution in [0.5, 0.6) is 5.75 Å². The summed E-state index contributed by atoms with van der Waals surface area (Å²) in [6.45, 7) is 0. The molecule has 14 heavy (non-hydrogen) atoms. The van der Waals surface area contributed by atoms with Crippen molar-refractivity contribution in [3.63, 3.8) is 0 Å². The summed E-state index contributed by atoms with van der Waals surface area (Å²) in [5.74, 6) is -0.601. The van der Waals surface area contributed by atoms with Crippen molar-refractivity contribution in [2.24, 2.45) is 0 Å². The Balaban J connectivity index is 3.18. The smallest absolute Gasteiger partial charge is 0.339 e. The van der Waals surface area contributed by atoms with E-state index in [2.05, 4.69) is 0 Å². The molecule has 0 heterocycles. The van der Waals surface area contributed by atoms with Gasteiger partial charge in [0.05, 0.1) is 7.11 Å². The number of aromatic carboxylic acids is 1. The summed E-state index contributed by atoms with van der Waals surface area (Å²) in [7, 11) is 5.23. The maximum atomic E-state index is 10.8. The van der Waals surface area contributed by atoms with E-state index in [0.717, 1.165) is 5.69 Å². The van der Waals surface area contributed by atoms with Crippen molar-refractivity contribution >= 4 is 11.7 Å². The van der Waals surface area contributed by atoms with Gasteiger partial charge in [0, 0.05) is 25.8 Å². The van der Waals surface area contributed by atoms with Crippen LogP contribution in [0.2, 0.25) is 0 Å². The van der Waals surface area contributed by atoms with Crippen LogP contribution in [0.3, 0.4) is 0 Å². The van der Waals surface area contributed by atoms with E-state index in [9.17, 15) is 4.79 Å². The van der Waals surface area contributed by atoms with E-state index in [1.165, 1.54) is 13.2 Å². The number of carboxylic acid groups (broad SMARTS) is 1. The van der Waals surface area contributed by atoms with Crippen molar-refractivity contribution < 1.29 is 14.6 Å². The molecule has 4 heteroatoms. The van der Waals surface area contributed by atoms with Crippen molar-refractivity contribution in [3.05, 3.63) is 23.8 Å². The van der Waals surface area contributed by atoms with Gasteiger partial charge in [-0.3, -0.25) is 0 Å². The molecule has 0 aliphatic carbocycles.